The molecule has 1 fully saturated rings. The quantitative estimate of drug-likeness (QED) is 0.661. The molecule has 0 bridgehead atoms. The van der Waals surface area contributed by atoms with E-state index in [4.69, 9.17) is 18.9 Å². The molecule has 2 amide bonds. The van der Waals surface area contributed by atoms with Crippen molar-refractivity contribution in [1.82, 2.24) is 10.2 Å². The zero-order valence-electron chi connectivity index (χ0n) is 16.0. The molecule has 1 aromatic carbocycles. The summed E-state index contributed by atoms with van der Waals surface area (Å²) in [6.07, 6.45) is 1.02. The van der Waals surface area contributed by atoms with Crippen LogP contribution in [-0.2, 0) is 23.9 Å². The van der Waals surface area contributed by atoms with E-state index in [1.165, 1.54) is 18.1 Å². The number of ether oxygens (including phenoxy) is 4. The van der Waals surface area contributed by atoms with Crippen LogP contribution in [0.4, 0.5) is 0 Å². The van der Waals surface area contributed by atoms with Crippen LogP contribution < -0.4 is 14.8 Å². The second-order valence-electron chi connectivity index (χ2n) is 6.59. The first-order valence-electron chi connectivity index (χ1n) is 9.17. The molecule has 0 radical (unpaired) electrons. The number of nitrogens with zero attached hydrogens (tertiary/aromatic N) is 1. The SMILES string of the molecule is COC(=O)C1CCN(C(=O)COC(=O)CNC(=O)c2ccc3c(c2)OCO3)CC1. The van der Waals surface area contributed by atoms with Gasteiger partial charge in [0.2, 0.25) is 6.79 Å². The summed E-state index contributed by atoms with van der Waals surface area (Å²) in [7, 11) is 1.34. The van der Waals surface area contributed by atoms with Gasteiger partial charge in [-0.3, -0.25) is 19.2 Å². The summed E-state index contributed by atoms with van der Waals surface area (Å²) >= 11 is 0. The van der Waals surface area contributed by atoms with Crippen molar-refractivity contribution in [3.63, 3.8) is 0 Å². The van der Waals surface area contributed by atoms with E-state index in [1.807, 2.05) is 0 Å². The smallest absolute Gasteiger partial charge is 0.325 e. The van der Waals surface area contributed by atoms with E-state index in [0.717, 1.165) is 0 Å². The molecule has 156 valence electrons. The third-order valence-corrected chi connectivity index (χ3v) is 4.77. The summed E-state index contributed by atoms with van der Waals surface area (Å²) in [5.41, 5.74) is 0.312. The van der Waals surface area contributed by atoms with Gasteiger partial charge in [0.05, 0.1) is 13.0 Å². The maximum Gasteiger partial charge on any atom is 0.325 e. The largest absolute Gasteiger partial charge is 0.469 e. The van der Waals surface area contributed by atoms with E-state index in [-0.39, 0.29) is 31.1 Å². The Morgan fingerprint density at radius 2 is 1.86 bits per heavy atom. The lowest BCUT2D eigenvalue weighted by molar-refractivity contribution is -0.153. The van der Waals surface area contributed by atoms with Crippen LogP contribution in [0.25, 0.3) is 0 Å². The lowest BCUT2D eigenvalue weighted by Gasteiger charge is -2.30. The van der Waals surface area contributed by atoms with E-state index in [1.54, 1.807) is 12.1 Å². The third-order valence-electron chi connectivity index (χ3n) is 4.77. The van der Waals surface area contributed by atoms with Gasteiger partial charge in [-0.1, -0.05) is 0 Å². The van der Waals surface area contributed by atoms with Crippen LogP contribution in [0, 0.1) is 5.92 Å². The predicted molar refractivity (Wildman–Crippen MR) is 97.2 cm³/mol. The Bertz CT molecular complexity index is 801. The van der Waals surface area contributed by atoms with Crippen LogP contribution in [0.1, 0.15) is 23.2 Å². The number of esters is 2. The molecule has 0 aliphatic carbocycles. The fourth-order valence-corrected chi connectivity index (χ4v) is 3.11. The summed E-state index contributed by atoms with van der Waals surface area (Å²) in [5.74, 6) is -1.02. The molecule has 10 heteroatoms. The standard InChI is InChI=1S/C19H22N2O8/c1-26-19(25)12-4-6-21(7-5-12)16(22)10-27-17(23)9-20-18(24)13-2-3-14-15(8-13)29-11-28-14/h2-3,8,12H,4-7,9-11H2,1H3,(H,20,24). The molecule has 0 spiro atoms. The number of benzene rings is 1. The average Bonchev–Trinajstić information content (AvgIpc) is 3.23. The molecule has 1 N–H and O–H groups in total. The number of hydrogen-bond donors (Lipinski definition) is 1. The number of nitrogens with one attached hydrogen (secondary N) is 1. The molecule has 2 heterocycles. The van der Waals surface area contributed by atoms with E-state index < -0.39 is 18.5 Å². The van der Waals surface area contributed by atoms with Crippen LogP contribution in [0.15, 0.2) is 18.2 Å². The maximum absolute atomic E-state index is 12.1. The summed E-state index contributed by atoms with van der Waals surface area (Å²) in [4.78, 5) is 49.1. The number of hydrogen-bond acceptors (Lipinski definition) is 8. The van der Waals surface area contributed by atoms with Crippen LogP contribution in [0.5, 0.6) is 11.5 Å². The Labute approximate surface area is 167 Å². The zero-order valence-corrected chi connectivity index (χ0v) is 16.0. The Balaban J connectivity index is 1.37. The van der Waals surface area contributed by atoms with Crippen molar-refractivity contribution >= 4 is 23.8 Å². The molecule has 0 saturated carbocycles. The van der Waals surface area contributed by atoms with E-state index in [0.29, 0.717) is 43.0 Å². The first kappa shape index (κ1) is 20.4. The average molecular weight is 406 g/mol. The highest BCUT2D eigenvalue weighted by Crippen LogP contribution is 2.32. The first-order chi connectivity index (χ1) is 14.0. The van der Waals surface area contributed by atoms with Crippen molar-refractivity contribution in [1.29, 1.82) is 0 Å². The van der Waals surface area contributed by atoms with Crippen molar-refractivity contribution in [2.75, 3.05) is 40.1 Å². The van der Waals surface area contributed by atoms with Crippen LogP contribution in [-0.4, -0.2) is 68.8 Å². The van der Waals surface area contributed by atoms with Gasteiger partial charge in [0.25, 0.3) is 11.8 Å². The topological polar surface area (TPSA) is 120 Å². The molecule has 29 heavy (non-hydrogen) atoms. The minimum atomic E-state index is -0.725. The maximum atomic E-state index is 12.1. The molecule has 0 unspecified atom stereocenters. The number of carbonyl (C=O) groups excluding carboxylic acids is 4. The molecule has 2 aliphatic rings. The molecule has 2 aliphatic heterocycles. The third kappa shape index (κ3) is 5.15. The zero-order chi connectivity index (χ0) is 20.8. The van der Waals surface area contributed by atoms with E-state index in [9.17, 15) is 19.2 Å². The summed E-state index contributed by atoms with van der Waals surface area (Å²) in [5, 5.41) is 2.43. The van der Waals surface area contributed by atoms with E-state index in [2.05, 4.69) is 5.32 Å². The van der Waals surface area contributed by atoms with Crippen molar-refractivity contribution in [2.24, 2.45) is 5.92 Å². The number of fused-ring (bicyclic) bond motifs is 1. The first-order valence-corrected chi connectivity index (χ1v) is 9.17. The van der Waals surface area contributed by atoms with Gasteiger partial charge < -0.3 is 29.2 Å². The number of piperidine rings is 1. The van der Waals surface area contributed by atoms with Gasteiger partial charge in [0, 0.05) is 18.7 Å². The lowest BCUT2D eigenvalue weighted by Crippen LogP contribution is -2.42. The number of methoxy groups -OCH3 is 1. The molecule has 0 atom stereocenters. The molecule has 10 nitrogen and oxygen atoms in total. The Kier molecular flexibility index (Phi) is 6.53. The van der Waals surface area contributed by atoms with Crippen molar-refractivity contribution in [3.8, 4) is 11.5 Å². The molecular formula is C19H22N2O8. The summed E-state index contributed by atoms with van der Waals surface area (Å²) in [6, 6.07) is 4.68. The minimum Gasteiger partial charge on any atom is -0.469 e. The normalized spacial score (nSPS) is 15.6. The summed E-state index contributed by atoms with van der Waals surface area (Å²) in [6.45, 7) is 0.113. The Hall–Kier alpha value is -3.30. The van der Waals surface area contributed by atoms with Crippen LogP contribution >= 0.6 is 0 Å². The fourth-order valence-electron chi connectivity index (χ4n) is 3.11. The van der Waals surface area contributed by atoms with Gasteiger partial charge in [0.15, 0.2) is 18.1 Å². The highest BCUT2D eigenvalue weighted by molar-refractivity contribution is 5.96. The molecule has 1 saturated heterocycles. The predicted octanol–water partition coefficient (Wildman–Crippen LogP) is 0.0999. The van der Waals surface area contributed by atoms with Crippen molar-refractivity contribution in [2.45, 2.75) is 12.8 Å². The second-order valence-corrected chi connectivity index (χ2v) is 6.59. The molecule has 1 aromatic rings. The van der Waals surface area contributed by atoms with Gasteiger partial charge >= 0.3 is 11.9 Å². The highest BCUT2D eigenvalue weighted by atomic mass is 16.7. The van der Waals surface area contributed by atoms with Crippen LogP contribution in [0.3, 0.4) is 0 Å². The van der Waals surface area contributed by atoms with Crippen LogP contribution in [0.2, 0.25) is 0 Å². The number of likely N-dealkylation sites (tertiary alicyclic amines) is 1. The van der Waals surface area contributed by atoms with Crippen molar-refractivity contribution < 1.29 is 38.1 Å². The van der Waals surface area contributed by atoms with Gasteiger partial charge in [-0.15, -0.1) is 0 Å². The highest BCUT2D eigenvalue weighted by Gasteiger charge is 2.28. The lowest BCUT2D eigenvalue weighted by atomic mass is 9.97. The molecular weight excluding hydrogens is 384 g/mol. The Morgan fingerprint density at radius 1 is 1.14 bits per heavy atom. The van der Waals surface area contributed by atoms with Gasteiger partial charge in [0.1, 0.15) is 6.54 Å². The van der Waals surface area contributed by atoms with Gasteiger partial charge in [-0.05, 0) is 31.0 Å². The fraction of sp³-hybridized carbons (Fsp3) is 0.474. The number of rotatable bonds is 6. The molecule has 3 rings (SSSR count). The minimum absolute atomic E-state index is 0.0983. The van der Waals surface area contributed by atoms with E-state index >= 15 is 0 Å². The van der Waals surface area contributed by atoms with Crippen molar-refractivity contribution in [3.05, 3.63) is 23.8 Å². The number of amides is 2. The monoisotopic (exact) mass is 406 g/mol. The van der Waals surface area contributed by atoms with Gasteiger partial charge in [-0.2, -0.15) is 0 Å². The summed E-state index contributed by atoms with van der Waals surface area (Å²) < 4.78 is 20.0. The van der Waals surface area contributed by atoms with Gasteiger partial charge in [-0.25, -0.2) is 0 Å². The Morgan fingerprint density at radius 3 is 2.59 bits per heavy atom. The number of carbonyl (C=O) groups is 4. The second kappa shape index (κ2) is 9.26. The molecule has 0 aromatic heterocycles.